The van der Waals surface area contributed by atoms with Crippen molar-refractivity contribution in [1.29, 1.82) is 0 Å². The number of rotatable bonds is 2. The Bertz CT molecular complexity index is 789. The van der Waals surface area contributed by atoms with E-state index >= 15 is 0 Å². The van der Waals surface area contributed by atoms with Gasteiger partial charge in [-0.3, -0.25) is 4.98 Å². The van der Waals surface area contributed by atoms with Crippen LogP contribution in [0.3, 0.4) is 0 Å². The second-order valence-electron chi connectivity index (χ2n) is 6.10. The number of piperazine rings is 1. The molecule has 0 bridgehead atoms. The number of hydrogen-bond donors (Lipinski definition) is 1. The van der Waals surface area contributed by atoms with Crippen LogP contribution in [0.25, 0.3) is 10.8 Å². The zero-order chi connectivity index (χ0) is 15.9. The lowest BCUT2D eigenvalue weighted by Gasteiger charge is -2.35. The van der Waals surface area contributed by atoms with Crippen molar-refractivity contribution in [3.63, 3.8) is 0 Å². The van der Waals surface area contributed by atoms with E-state index in [0.717, 1.165) is 16.3 Å². The van der Waals surface area contributed by atoms with Crippen molar-refractivity contribution in [2.45, 2.75) is 37.8 Å². The zero-order valence-corrected chi connectivity index (χ0v) is 13.9. The molecule has 1 aliphatic rings. The van der Waals surface area contributed by atoms with Gasteiger partial charge in [-0.25, -0.2) is 8.42 Å². The van der Waals surface area contributed by atoms with Crippen molar-refractivity contribution in [2.24, 2.45) is 0 Å². The first kappa shape index (κ1) is 15.4. The average Bonchev–Trinajstić information content (AvgIpc) is 2.46. The molecule has 1 fully saturated rings. The number of hydrogen-bond acceptors (Lipinski definition) is 4. The lowest BCUT2D eigenvalue weighted by molar-refractivity contribution is 0.263. The summed E-state index contributed by atoms with van der Waals surface area (Å²) in [5, 5.41) is 5.00. The van der Waals surface area contributed by atoms with Crippen LogP contribution in [0.15, 0.2) is 35.5 Å². The second-order valence-corrected chi connectivity index (χ2v) is 8.01. The summed E-state index contributed by atoms with van der Waals surface area (Å²) < 4.78 is 27.8. The smallest absolute Gasteiger partial charge is 0.243 e. The summed E-state index contributed by atoms with van der Waals surface area (Å²) in [5.74, 6) is 0. The summed E-state index contributed by atoms with van der Waals surface area (Å²) in [4.78, 5) is 4.53. The van der Waals surface area contributed by atoms with E-state index in [9.17, 15) is 8.42 Å². The van der Waals surface area contributed by atoms with Gasteiger partial charge in [0.25, 0.3) is 0 Å². The quantitative estimate of drug-likeness (QED) is 0.918. The van der Waals surface area contributed by atoms with Crippen LogP contribution >= 0.6 is 0 Å². The highest BCUT2D eigenvalue weighted by atomic mass is 32.2. The Morgan fingerprint density at radius 1 is 1.18 bits per heavy atom. The minimum atomic E-state index is -3.51. The maximum absolute atomic E-state index is 13.1. The van der Waals surface area contributed by atoms with Crippen molar-refractivity contribution >= 4 is 20.8 Å². The van der Waals surface area contributed by atoms with E-state index in [1.807, 2.05) is 26.8 Å². The van der Waals surface area contributed by atoms with Gasteiger partial charge in [0.15, 0.2) is 0 Å². The molecule has 2 heterocycles. The Morgan fingerprint density at radius 3 is 2.55 bits per heavy atom. The molecular weight excluding hydrogens is 298 g/mol. The molecule has 2 unspecified atom stereocenters. The van der Waals surface area contributed by atoms with Crippen LogP contribution in [-0.4, -0.2) is 42.9 Å². The Balaban J connectivity index is 2.14. The predicted octanol–water partition coefficient (Wildman–Crippen LogP) is 1.91. The number of fused-ring (bicyclic) bond motifs is 1. The Morgan fingerprint density at radius 2 is 1.86 bits per heavy atom. The third-order valence-electron chi connectivity index (χ3n) is 4.08. The molecule has 1 aliphatic heterocycles. The monoisotopic (exact) mass is 319 g/mol. The predicted molar refractivity (Wildman–Crippen MR) is 87.3 cm³/mol. The molecule has 0 amide bonds. The van der Waals surface area contributed by atoms with E-state index in [1.165, 1.54) is 0 Å². The zero-order valence-electron chi connectivity index (χ0n) is 13.1. The van der Waals surface area contributed by atoms with Crippen LogP contribution in [0.4, 0.5) is 0 Å². The minimum absolute atomic E-state index is 0.149. The number of aryl methyl sites for hydroxylation is 1. The fourth-order valence-electron chi connectivity index (χ4n) is 3.20. The summed E-state index contributed by atoms with van der Waals surface area (Å²) in [6, 6.07) is 5.68. The van der Waals surface area contributed by atoms with E-state index in [-0.39, 0.29) is 12.1 Å². The van der Waals surface area contributed by atoms with Crippen LogP contribution in [0, 0.1) is 6.92 Å². The lowest BCUT2D eigenvalue weighted by atomic mass is 10.1. The summed E-state index contributed by atoms with van der Waals surface area (Å²) >= 11 is 0. The van der Waals surface area contributed by atoms with Gasteiger partial charge >= 0.3 is 0 Å². The highest BCUT2D eigenvalue weighted by molar-refractivity contribution is 7.89. The number of nitrogens with zero attached hydrogens (tertiary/aromatic N) is 2. The molecule has 0 radical (unpaired) electrons. The maximum Gasteiger partial charge on any atom is 0.243 e. The highest BCUT2D eigenvalue weighted by Gasteiger charge is 2.32. The van der Waals surface area contributed by atoms with E-state index in [2.05, 4.69) is 10.3 Å². The van der Waals surface area contributed by atoms with Crippen molar-refractivity contribution in [3.8, 4) is 0 Å². The van der Waals surface area contributed by atoms with Gasteiger partial charge < -0.3 is 5.32 Å². The van der Waals surface area contributed by atoms with E-state index in [1.54, 1.807) is 28.8 Å². The number of pyridine rings is 1. The van der Waals surface area contributed by atoms with Gasteiger partial charge in [0.2, 0.25) is 10.0 Å². The average molecular weight is 319 g/mol. The molecule has 0 aliphatic carbocycles. The number of sulfonamides is 1. The van der Waals surface area contributed by atoms with Gasteiger partial charge in [-0.1, -0.05) is 12.1 Å². The van der Waals surface area contributed by atoms with Gasteiger partial charge in [-0.2, -0.15) is 4.31 Å². The van der Waals surface area contributed by atoms with Crippen molar-refractivity contribution in [2.75, 3.05) is 13.1 Å². The van der Waals surface area contributed by atoms with E-state index in [0.29, 0.717) is 18.0 Å². The standard InChI is InChI=1S/C16H21N3O2S/c1-11-7-17-8-14-5-4-6-15(16(11)14)22(20,21)19-9-12(2)18-13(3)10-19/h4-8,12-13,18H,9-10H2,1-3H3. The van der Waals surface area contributed by atoms with Crippen molar-refractivity contribution in [3.05, 3.63) is 36.2 Å². The molecule has 2 atom stereocenters. The maximum atomic E-state index is 13.1. The first-order valence-electron chi connectivity index (χ1n) is 7.49. The van der Waals surface area contributed by atoms with Crippen LogP contribution in [-0.2, 0) is 10.0 Å². The van der Waals surface area contributed by atoms with Crippen LogP contribution in [0.2, 0.25) is 0 Å². The fourth-order valence-corrected chi connectivity index (χ4v) is 5.10. The summed E-state index contributed by atoms with van der Waals surface area (Å²) in [5.41, 5.74) is 0.882. The fraction of sp³-hybridized carbons (Fsp3) is 0.438. The molecule has 1 aromatic carbocycles. The normalized spacial score (nSPS) is 23.8. The van der Waals surface area contributed by atoms with Gasteiger partial charge in [0.1, 0.15) is 0 Å². The van der Waals surface area contributed by atoms with Crippen molar-refractivity contribution < 1.29 is 8.42 Å². The Kier molecular flexibility index (Phi) is 3.92. The van der Waals surface area contributed by atoms with Crippen LogP contribution in [0.1, 0.15) is 19.4 Å². The van der Waals surface area contributed by atoms with Crippen LogP contribution in [0.5, 0.6) is 0 Å². The number of benzene rings is 1. The number of nitrogens with one attached hydrogen (secondary N) is 1. The van der Waals surface area contributed by atoms with E-state index in [4.69, 9.17) is 0 Å². The lowest BCUT2D eigenvalue weighted by Crippen LogP contribution is -2.55. The third kappa shape index (κ3) is 2.62. The number of aromatic nitrogens is 1. The summed E-state index contributed by atoms with van der Waals surface area (Å²) in [6.07, 6.45) is 3.43. The van der Waals surface area contributed by atoms with Crippen LogP contribution < -0.4 is 5.32 Å². The topological polar surface area (TPSA) is 62.3 Å². The summed E-state index contributed by atoms with van der Waals surface area (Å²) in [7, 11) is -3.51. The molecule has 3 rings (SSSR count). The molecule has 22 heavy (non-hydrogen) atoms. The van der Waals surface area contributed by atoms with Gasteiger partial charge in [-0.05, 0) is 32.4 Å². The largest absolute Gasteiger partial charge is 0.309 e. The first-order valence-corrected chi connectivity index (χ1v) is 8.93. The molecule has 6 heteroatoms. The second kappa shape index (κ2) is 5.61. The molecule has 1 N–H and O–H groups in total. The summed E-state index contributed by atoms with van der Waals surface area (Å²) in [6.45, 7) is 6.91. The molecule has 0 saturated carbocycles. The van der Waals surface area contributed by atoms with Crippen molar-refractivity contribution in [1.82, 2.24) is 14.6 Å². The highest BCUT2D eigenvalue weighted by Crippen LogP contribution is 2.28. The molecule has 118 valence electrons. The van der Waals surface area contributed by atoms with Gasteiger partial charge in [-0.15, -0.1) is 0 Å². The third-order valence-corrected chi connectivity index (χ3v) is 5.95. The molecule has 1 aromatic heterocycles. The molecule has 2 aromatic rings. The molecular formula is C16H21N3O2S. The van der Waals surface area contributed by atoms with Gasteiger partial charge in [0.05, 0.1) is 4.90 Å². The molecule has 1 saturated heterocycles. The Labute approximate surface area is 131 Å². The Hall–Kier alpha value is -1.50. The first-order chi connectivity index (χ1) is 10.4. The van der Waals surface area contributed by atoms with E-state index < -0.39 is 10.0 Å². The SMILES string of the molecule is Cc1cncc2cccc(S(=O)(=O)N3CC(C)NC(C)C3)c12. The molecule has 0 spiro atoms. The molecule has 5 nitrogen and oxygen atoms in total. The minimum Gasteiger partial charge on any atom is -0.309 e. The van der Waals surface area contributed by atoms with Gasteiger partial charge in [0, 0.05) is 48.3 Å².